The molecule has 0 saturated heterocycles. The van der Waals surface area contributed by atoms with Crippen LogP contribution in [-0.2, 0) is 23.7 Å². The predicted octanol–water partition coefficient (Wildman–Crippen LogP) is -0.121. The number of rotatable bonds is 3. The van der Waals surface area contributed by atoms with E-state index in [-0.39, 0.29) is 18.2 Å². The van der Waals surface area contributed by atoms with Crippen LogP contribution in [0, 0.1) is 0 Å². The minimum atomic E-state index is -0.324. The van der Waals surface area contributed by atoms with Crippen LogP contribution in [0.1, 0.15) is 0 Å². The highest BCUT2D eigenvalue weighted by Crippen LogP contribution is 2.06. The average Bonchev–Trinajstić information content (AvgIpc) is 2.38. The number of ether oxygens (including phenoxy) is 4. The van der Waals surface area contributed by atoms with Crippen molar-refractivity contribution in [3.05, 3.63) is 24.0 Å². The van der Waals surface area contributed by atoms with E-state index in [1.54, 1.807) is 0 Å². The van der Waals surface area contributed by atoms with E-state index in [1.807, 2.05) is 0 Å². The lowest BCUT2D eigenvalue weighted by Gasteiger charge is -2.17. The number of hydrogen-bond acceptors (Lipinski definition) is 5. The second-order valence-corrected chi connectivity index (χ2v) is 3.19. The normalized spacial score (nSPS) is 19.0. The Bertz CT molecular complexity index is 323. The zero-order valence-corrected chi connectivity index (χ0v) is 8.73. The minimum absolute atomic E-state index is 0.184. The smallest absolute Gasteiger partial charge is 0.290 e. The van der Waals surface area contributed by atoms with Gasteiger partial charge in [-0.2, -0.15) is 0 Å². The Balaban J connectivity index is 1.78. The summed E-state index contributed by atoms with van der Waals surface area (Å²) in [5.74, 6) is 0.454. The molecule has 2 aliphatic heterocycles. The van der Waals surface area contributed by atoms with Gasteiger partial charge in [0.2, 0.25) is 5.76 Å². The second-order valence-electron chi connectivity index (χ2n) is 3.19. The van der Waals surface area contributed by atoms with Gasteiger partial charge >= 0.3 is 0 Å². The van der Waals surface area contributed by atoms with Crippen molar-refractivity contribution in [2.24, 2.45) is 0 Å². The van der Waals surface area contributed by atoms with Crippen LogP contribution in [0.2, 0.25) is 0 Å². The molecule has 0 saturated carbocycles. The molecule has 1 N–H and O–H groups in total. The maximum atomic E-state index is 11.5. The Labute approximate surface area is 92.8 Å². The van der Waals surface area contributed by atoms with Crippen LogP contribution in [0.4, 0.5) is 0 Å². The zero-order valence-electron chi connectivity index (χ0n) is 8.73. The summed E-state index contributed by atoms with van der Waals surface area (Å²) in [6.45, 7) is 2.18. The van der Waals surface area contributed by atoms with Crippen molar-refractivity contribution in [3.63, 3.8) is 0 Å². The molecule has 6 nitrogen and oxygen atoms in total. The first-order valence-electron chi connectivity index (χ1n) is 5.02. The van der Waals surface area contributed by atoms with Crippen LogP contribution in [0.5, 0.6) is 0 Å². The standard InChI is InChI=1S/C10H13NO5/c12-10(9-7-14-2-4-16-9)11-5-8-6-13-1-3-15-8/h6-7H,1-5H2,(H,11,12). The summed E-state index contributed by atoms with van der Waals surface area (Å²) in [6, 6.07) is 0. The van der Waals surface area contributed by atoms with Crippen molar-refractivity contribution >= 4 is 5.91 Å². The fraction of sp³-hybridized carbons (Fsp3) is 0.500. The van der Waals surface area contributed by atoms with Crippen molar-refractivity contribution < 1.29 is 23.7 Å². The number of nitrogens with one attached hydrogen (secondary N) is 1. The summed E-state index contributed by atoms with van der Waals surface area (Å²) in [7, 11) is 0. The molecular weight excluding hydrogens is 214 g/mol. The van der Waals surface area contributed by atoms with E-state index in [1.165, 1.54) is 12.5 Å². The molecule has 2 heterocycles. The van der Waals surface area contributed by atoms with E-state index in [4.69, 9.17) is 18.9 Å². The van der Waals surface area contributed by atoms with Crippen molar-refractivity contribution in [2.45, 2.75) is 0 Å². The van der Waals surface area contributed by atoms with Gasteiger partial charge in [-0.25, -0.2) is 0 Å². The molecule has 0 aliphatic carbocycles. The summed E-state index contributed by atoms with van der Waals surface area (Å²) >= 11 is 0. The molecule has 0 atom stereocenters. The average molecular weight is 227 g/mol. The third-order valence-corrected chi connectivity index (χ3v) is 2.00. The Kier molecular flexibility index (Phi) is 3.53. The third-order valence-electron chi connectivity index (χ3n) is 2.00. The van der Waals surface area contributed by atoms with E-state index in [2.05, 4.69) is 5.32 Å². The van der Waals surface area contributed by atoms with E-state index in [0.29, 0.717) is 32.2 Å². The van der Waals surface area contributed by atoms with Gasteiger partial charge in [0.25, 0.3) is 5.91 Å². The quantitative estimate of drug-likeness (QED) is 0.728. The van der Waals surface area contributed by atoms with Gasteiger partial charge in [0.05, 0.1) is 6.54 Å². The highest BCUT2D eigenvalue weighted by Gasteiger charge is 2.15. The molecule has 0 radical (unpaired) electrons. The van der Waals surface area contributed by atoms with Crippen molar-refractivity contribution in [2.75, 3.05) is 33.0 Å². The van der Waals surface area contributed by atoms with E-state index >= 15 is 0 Å². The molecule has 0 aromatic rings. The summed E-state index contributed by atoms with van der Waals surface area (Å²) in [4.78, 5) is 11.5. The molecule has 2 aliphatic rings. The van der Waals surface area contributed by atoms with Crippen LogP contribution in [-0.4, -0.2) is 38.9 Å². The van der Waals surface area contributed by atoms with Crippen molar-refractivity contribution in [1.82, 2.24) is 5.32 Å². The predicted molar refractivity (Wildman–Crippen MR) is 53.0 cm³/mol. The van der Waals surface area contributed by atoms with Gasteiger partial charge in [0.1, 0.15) is 44.7 Å². The van der Waals surface area contributed by atoms with Crippen molar-refractivity contribution in [1.29, 1.82) is 0 Å². The Morgan fingerprint density at radius 3 is 2.50 bits per heavy atom. The zero-order chi connectivity index (χ0) is 11.2. The molecule has 0 spiro atoms. The lowest BCUT2D eigenvalue weighted by Crippen LogP contribution is -2.31. The van der Waals surface area contributed by atoms with Gasteiger partial charge in [-0.05, 0) is 0 Å². The van der Waals surface area contributed by atoms with Crippen LogP contribution in [0.15, 0.2) is 24.0 Å². The third kappa shape index (κ3) is 2.82. The summed E-state index contributed by atoms with van der Waals surface area (Å²) < 4.78 is 20.4. The first-order chi connectivity index (χ1) is 7.86. The Hall–Kier alpha value is -1.85. The number of carbonyl (C=O) groups is 1. The summed E-state index contributed by atoms with van der Waals surface area (Å²) in [5, 5.41) is 2.64. The SMILES string of the molecule is O=C(NCC1=COCCO1)C1=COCCO1. The Morgan fingerprint density at radius 1 is 1.12 bits per heavy atom. The molecule has 2 rings (SSSR count). The second kappa shape index (κ2) is 5.29. The molecule has 0 unspecified atom stereocenters. The Morgan fingerprint density at radius 2 is 1.88 bits per heavy atom. The van der Waals surface area contributed by atoms with E-state index in [0.717, 1.165) is 0 Å². The van der Waals surface area contributed by atoms with Crippen LogP contribution >= 0.6 is 0 Å². The lowest BCUT2D eigenvalue weighted by molar-refractivity contribution is -0.122. The largest absolute Gasteiger partial charge is 0.494 e. The fourth-order valence-electron chi connectivity index (χ4n) is 1.24. The van der Waals surface area contributed by atoms with Crippen LogP contribution in [0.25, 0.3) is 0 Å². The van der Waals surface area contributed by atoms with E-state index in [9.17, 15) is 4.79 Å². The van der Waals surface area contributed by atoms with Gasteiger partial charge in [0.15, 0.2) is 0 Å². The van der Waals surface area contributed by atoms with Gasteiger partial charge in [-0.15, -0.1) is 0 Å². The molecule has 88 valence electrons. The molecule has 0 aromatic carbocycles. The monoisotopic (exact) mass is 227 g/mol. The molecule has 16 heavy (non-hydrogen) atoms. The summed E-state index contributed by atoms with van der Waals surface area (Å²) in [5.41, 5.74) is 0. The van der Waals surface area contributed by atoms with Gasteiger partial charge in [-0.3, -0.25) is 4.79 Å². The fourth-order valence-corrected chi connectivity index (χ4v) is 1.24. The minimum Gasteiger partial charge on any atom is -0.494 e. The number of carbonyl (C=O) groups excluding carboxylic acids is 1. The molecule has 1 amide bonds. The molecule has 6 heteroatoms. The van der Waals surface area contributed by atoms with Crippen LogP contribution in [0.3, 0.4) is 0 Å². The first-order valence-corrected chi connectivity index (χ1v) is 5.02. The highest BCUT2D eigenvalue weighted by molar-refractivity contribution is 5.91. The molecule has 0 fully saturated rings. The van der Waals surface area contributed by atoms with E-state index < -0.39 is 0 Å². The topological polar surface area (TPSA) is 66.0 Å². The van der Waals surface area contributed by atoms with Crippen LogP contribution < -0.4 is 5.32 Å². The maximum absolute atomic E-state index is 11.5. The number of hydrogen-bond donors (Lipinski definition) is 1. The van der Waals surface area contributed by atoms with Crippen molar-refractivity contribution in [3.8, 4) is 0 Å². The van der Waals surface area contributed by atoms with Gasteiger partial charge < -0.3 is 24.3 Å². The van der Waals surface area contributed by atoms with Gasteiger partial charge in [-0.1, -0.05) is 0 Å². The lowest BCUT2D eigenvalue weighted by atomic mass is 10.4. The molecule has 0 aromatic heterocycles. The number of amides is 1. The molecular formula is C10H13NO5. The maximum Gasteiger partial charge on any atom is 0.290 e. The summed E-state index contributed by atoms with van der Waals surface area (Å²) in [6.07, 6.45) is 2.81. The molecule has 0 bridgehead atoms. The van der Waals surface area contributed by atoms with Gasteiger partial charge in [0, 0.05) is 0 Å². The first kappa shape index (κ1) is 10.7. The highest BCUT2D eigenvalue weighted by atomic mass is 16.6.